The second kappa shape index (κ2) is 6.13. The van der Waals surface area contributed by atoms with Crippen LogP contribution in [0.1, 0.15) is 37.1 Å². The lowest BCUT2D eigenvalue weighted by atomic mass is 9.85. The Bertz CT molecular complexity index is 549. The van der Waals surface area contributed by atoms with E-state index in [2.05, 4.69) is 31.6 Å². The Balaban J connectivity index is 1.89. The average Bonchev–Trinajstić information content (AvgIpc) is 2.74. The molecule has 1 aromatic rings. The molecule has 0 saturated carbocycles. The van der Waals surface area contributed by atoms with E-state index in [1.165, 1.54) is 10.4 Å². The molecule has 1 saturated heterocycles. The van der Waals surface area contributed by atoms with Crippen LogP contribution in [0.3, 0.4) is 0 Å². The second-order valence-corrected chi connectivity index (χ2v) is 9.03. The molecule has 0 aromatic carbocycles. The summed E-state index contributed by atoms with van der Waals surface area (Å²) in [4.78, 5) is 1.26. The van der Waals surface area contributed by atoms with Crippen LogP contribution in [0, 0.1) is 12.3 Å². The molecule has 114 valence electrons. The summed E-state index contributed by atoms with van der Waals surface area (Å²) in [5.74, 6) is 0. The van der Waals surface area contributed by atoms with Gasteiger partial charge in [0.2, 0.25) is 0 Å². The van der Waals surface area contributed by atoms with Gasteiger partial charge in [-0.2, -0.15) is 12.7 Å². The van der Waals surface area contributed by atoms with Crippen molar-refractivity contribution in [3.8, 4) is 0 Å². The van der Waals surface area contributed by atoms with Crippen LogP contribution in [-0.2, 0) is 16.6 Å². The molecule has 0 amide bonds. The molecule has 20 heavy (non-hydrogen) atoms. The van der Waals surface area contributed by atoms with Gasteiger partial charge in [-0.3, -0.25) is 0 Å². The van der Waals surface area contributed by atoms with Crippen LogP contribution in [-0.4, -0.2) is 32.4 Å². The van der Waals surface area contributed by atoms with Crippen LogP contribution in [0.15, 0.2) is 11.4 Å². The maximum Gasteiger partial charge on any atom is 0.279 e. The number of nitrogens with one attached hydrogen (secondary N) is 1. The molecule has 4 nitrogen and oxygen atoms in total. The average molecular weight is 316 g/mol. The van der Waals surface area contributed by atoms with E-state index in [1.54, 1.807) is 15.6 Å². The van der Waals surface area contributed by atoms with Gasteiger partial charge in [0.25, 0.3) is 10.2 Å². The lowest BCUT2D eigenvalue weighted by Crippen LogP contribution is -2.48. The summed E-state index contributed by atoms with van der Waals surface area (Å²) in [5, 5.41) is 2.05. The first-order valence-corrected chi connectivity index (χ1v) is 9.40. The fourth-order valence-electron chi connectivity index (χ4n) is 2.62. The van der Waals surface area contributed by atoms with E-state index in [1.807, 2.05) is 5.38 Å². The number of piperidine rings is 1. The van der Waals surface area contributed by atoms with Crippen molar-refractivity contribution in [2.24, 2.45) is 5.41 Å². The fourth-order valence-corrected chi connectivity index (χ4v) is 4.96. The third-order valence-electron chi connectivity index (χ3n) is 3.81. The minimum Gasteiger partial charge on any atom is -0.202 e. The molecule has 0 atom stereocenters. The number of thiophene rings is 1. The van der Waals surface area contributed by atoms with Gasteiger partial charge in [-0.25, -0.2) is 4.72 Å². The molecule has 6 heteroatoms. The minimum absolute atomic E-state index is 0.0807. The maximum atomic E-state index is 12.3. The van der Waals surface area contributed by atoms with Gasteiger partial charge in [-0.05, 0) is 48.6 Å². The summed E-state index contributed by atoms with van der Waals surface area (Å²) in [6.07, 6.45) is 2.80. The van der Waals surface area contributed by atoms with Gasteiger partial charge in [0.05, 0.1) is 0 Å². The SMILES string of the molecule is Cc1ccsc1CCNS(=O)(=O)N1CCCC(C)(C)C1. The van der Waals surface area contributed by atoms with Crippen LogP contribution in [0.25, 0.3) is 0 Å². The summed E-state index contributed by atoms with van der Waals surface area (Å²) in [5.41, 5.74) is 1.32. The Hall–Kier alpha value is -0.430. The molecular weight excluding hydrogens is 292 g/mol. The highest BCUT2D eigenvalue weighted by Gasteiger charge is 2.32. The van der Waals surface area contributed by atoms with Crippen LogP contribution in [0.2, 0.25) is 0 Å². The number of rotatable bonds is 5. The van der Waals surface area contributed by atoms with E-state index in [4.69, 9.17) is 0 Å². The Labute approximate surface area is 126 Å². The molecule has 1 fully saturated rings. The third kappa shape index (κ3) is 4.04. The smallest absolute Gasteiger partial charge is 0.202 e. The van der Waals surface area contributed by atoms with Crippen molar-refractivity contribution in [1.82, 2.24) is 9.03 Å². The molecule has 0 radical (unpaired) electrons. The minimum atomic E-state index is -3.33. The zero-order valence-corrected chi connectivity index (χ0v) is 14.1. The van der Waals surface area contributed by atoms with Crippen molar-refractivity contribution in [3.63, 3.8) is 0 Å². The summed E-state index contributed by atoms with van der Waals surface area (Å²) in [7, 11) is -3.33. The fraction of sp³-hybridized carbons (Fsp3) is 0.714. The lowest BCUT2D eigenvalue weighted by molar-refractivity contribution is 0.185. The van der Waals surface area contributed by atoms with Crippen LogP contribution < -0.4 is 4.72 Å². The van der Waals surface area contributed by atoms with Crippen molar-refractivity contribution in [3.05, 3.63) is 21.9 Å². The second-order valence-electron chi connectivity index (χ2n) is 6.28. The third-order valence-corrected chi connectivity index (χ3v) is 6.45. The zero-order valence-electron chi connectivity index (χ0n) is 12.5. The van der Waals surface area contributed by atoms with Gasteiger partial charge >= 0.3 is 0 Å². The largest absolute Gasteiger partial charge is 0.279 e. The first kappa shape index (κ1) is 15.9. The van der Waals surface area contributed by atoms with E-state index in [-0.39, 0.29) is 5.41 Å². The van der Waals surface area contributed by atoms with E-state index in [9.17, 15) is 8.42 Å². The standard InChI is InChI=1S/C14H24N2O2S2/c1-12-6-10-19-13(12)5-8-15-20(17,18)16-9-4-7-14(2,3)11-16/h6,10,15H,4-5,7-9,11H2,1-3H3. The summed E-state index contributed by atoms with van der Waals surface area (Å²) >= 11 is 1.69. The molecular formula is C14H24N2O2S2. The Morgan fingerprint density at radius 1 is 1.45 bits per heavy atom. The van der Waals surface area contributed by atoms with Gasteiger partial charge in [-0.15, -0.1) is 11.3 Å². The number of nitrogens with zero attached hydrogens (tertiary/aromatic N) is 1. The quantitative estimate of drug-likeness (QED) is 0.907. The number of hydrogen-bond acceptors (Lipinski definition) is 3. The van der Waals surface area contributed by atoms with Gasteiger partial charge in [-0.1, -0.05) is 13.8 Å². The van der Waals surface area contributed by atoms with Crippen LogP contribution >= 0.6 is 11.3 Å². The first-order chi connectivity index (χ1) is 9.30. The normalized spacial score (nSPS) is 20.1. The highest BCUT2D eigenvalue weighted by molar-refractivity contribution is 7.87. The number of aryl methyl sites for hydroxylation is 1. The molecule has 1 aromatic heterocycles. The van der Waals surface area contributed by atoms with Crippen molar-refractivity contribution in [2.75, 3.05) is 19.6 Å². The first-order valence-electron chi connectivity index (χ1n) is 7.08. The Morgan fingerprint density at radius 3 is 2.80 bits per heavy atom. The van der Waals surface area contributed by atoms with Crippen molar-refractivity contribution in [2.45, 2.75) is 40.0 Å². The topological polar surface area (TPSA) is 49.4 Å². The molecule has 0 aliphatic carbocycles. The van der Waals surface area contributed by atoms with Gasteiger partial charge < -0.3 is 0 Å². The highest BCUT2D eigenvalue weighted by Crippen LogP contribution is 2.29. The van der Waals surface area contributed by atoms with E-state index < -0.39 is 10.2 Å². The zero-order chi connectivity index (χ0) is 14.8. The van der Waals surface area contributed by atoms with E-state index in [0.29, 0.717) is 19.6 Å². The highest BCUT2D eigenvalue weighted by atomic mass is 32.2. The molecule has 1 aliphatic rings. The molecule has 2 heterocycles. The molecule has 1 aliphatic heterocycles. The monoisotopic (exact) mass is 316 g/mol. The Kier molecular flexibility index (Phi) is 4.89. The lowest BCUT2D eigenvalue weighted by Gasteiger charge is -2.37. The van der Waals surface area contributed by atoms with E-state index >= 15 is 0 Å². The van der Waals surface area contributed by atoms with E-state index in [0.717, 1.165) is 19.3 Å². The predicted molar refractivity (Wildman–Crippen MR) is 84.3 cm³/mol. The number of hydrogen-bond donors (Lipinski definition) is 1. The van der Waals surface area contributed by atoms with Gasteiger partial charge in [0.1, 0.15) is 0 Å². The molecule has 0 bridgehead atoms. The predicted octanol–water partition coefficient (Wildman–Crippen LogP) is 2.56. The van der Waals surface area contributed by atoms with Gasteiger partial charge in [0, 0.05) is 24.5 Å². The van der Waals surface area contributed by atoms with Crippen molar-refractivity contribution in [1.29, 1.82) is 0 Å². The van der Waals surface area contributed by atoms with Crippen LogP contribution in [0.5, 0.6) is 0 Å². The summed E-state index contributed by atoms with van der Waals surface area (Å²) in [6, 6.07) is 2.07. The Morgan fingerprint density at radius 2 is 2.20 bits per heavy atom. The summed E-state index contributed by atoms with van der Waals surface area (Å²) < 4.78 is 28.9. The molecule has 0 spiro atoms. The maximum absolute atomic E-state index is 12.3. The summed E-state index contributed by atoms with van der Waals surface area (Å²) in [6.45, 7) is 8.04. The molecule has 1 N–H and O–H groups in total. The van der Waals surface area contributed by atoms with Crippen LogP contribution in [0.4, 0.5) is 0 Å². The van der Waals surface area contributed by atoms with Crippen molar-refractivity contribution < 1.29 is 8.42 Å². The molecule has 0 unspecified atom stereocenters. The molecule has 2 rings (SSSR count). The van der Waals surface area contributed by atoms with Crippen molar-refractivity contribution >= 4 is 21.5 Å². The van der Waals surface area contributed by atoms with Gasteiger partial charge in [0.15, 0.2) is 0 Å².